The summed E-state index contributed by atoms with van der Waals surface area (Å²) < 4.78 is 5.45. The molecule has 1 heterocycles. The first-order chi connectivity index (χ1) is 6.79. The Balaban J connectivity index is 2.16. The van der Waals surface area contributed by atoms with E-state index in [1.165, 1.54) is 38.5 Å². The minimum atomic E-state index is 0.415. The lowest BCUT2D eigenvalue weighted by atomic mass is 9.55. The lowest BCUT2D eigenvalue weighted by Crippen LogP contribution is -2.58. The molecule has 0 aromatic rings. The lowest BCUT2D eigenvalue weighted by Gasteiger charge is -2.57. The van der Waals surface area contributed by atoms with Gasteiger partial charge in [-0.25, -0.2) is 0 Å². The van der Waals surface area contributed by atoms with E-state index in [1.807, 2.05) is 0 Å². The van der Waals surface area contributed by atoms with Crippen molar-refractivity contribution in [2.24, 2.45) is 16.6 Å². The summed E-state index contributed by atoms with van der Waals surface area (Å²) in [6.45, 7) is 5.08. The van der Waals surface area contributed by atoms with E-state index in [0.29, 0.717) is 10.8 Å². The minimum Gasteiger partial charge on any atom is -0.380 e. The van der Waals surface area contributed by atoms with E-state index >= 15 is 0 Å². The third kappa shape index (κ3) is 1.31. The Morgan fingerprint density at radius 2 is 1.71 bits per heavy atom. The summed E-state index contributed by atoms with van der Waals surface area (Å²) in [5.41, 5.74) is 6.90. The van der Waals surface area contributed by atoms with Crippen LogP contribution in [0.1, 0.15) is 45.4 Å². The fraction of sp³-hybridized carbons (Fsp3) is 1.00. The summed E-state index contributed by atoms with van der Waals surface area (Å²) in [7, 11) is 0. The molecule has 2 fully saturated rings. The molecule has 0 amide bonds. The summed E-state index contributed by atoms with van der Waals surface area (Å²) in [5.74, 6) is 0. The van der Waals surface area contributed by atoms with Crippen molar-refractivity contribution < 1.29 is 4.74 Å². The second-order valence-electron chi connectivity index (χ2n) is 5.17. The quantitative estimate of drug-likeness (QED) is 0.753. The van der Waals surface area contributed by atoms with Crippen LogP contribution in [-0.4, -0.2) is 19.8 Å². The molecule has 1 aliphatic carbocycles. The highest BCUT2D eigenvalue weighted by Crippen LogP contribution is 2.54. The van der Waals surface area contributed by atoms with Crippen LogP contribution in [0.25, 0.3) is 0 Å². The molecule has 2 N–H and O–H groups in total. The van der Waals surface area contributed by atoms with Crippen molar-refractivity contribution in [3.63, 3.8) is 0 Å². The monoisotopic (exact) mass is 197 g/mol. The number of rotatable bonds is 3. The molecule has 1 aliphatic heterocycles. The molecule has 14 heavy (non-hydrogen) atoms. The molecule has 0 aromatic carbocycles. The van der Waals surface area contributed by atoms with Crippen molar-refractivity contribution in [3.05, 3.63) is 0 Å². The highest BCUT2D eigenvalue weighted by atomic mass is 16.5. The van der Waals surface area contributed by atoms with Gasteiger partial charge in [-0.2, -0.15) is 0 Å². The van der Waals surface area contributed by atoms with Crippen molar-refractivity contribution in [1.29, 1.82) is 0 Å². The molecular formula is C12H23NO. The van der Waals surface area contributed by atoms with E-state index in [1.54, 1.807) is 0 Å². The molecule has 2 nitrogen and oxygen atoms in total. The maximum atomic E-state index is 6.05. The van der Waals surface area contributed by atoms with Gasteiger partial charge >= 0.3 is 0 Å². The third-order valence-electron chi connectivity index (χ3n) is 4.76. The second-order valence-corrected chi connectivity index (χ2v) is 5.17. The highest BCUT2D eigenvalue weighted by Gasteiger charge is 2.53. The number of nitrogens with two attached hydrogens (primary N) is 1. The van der Waals surface area contributed by atoms with Gasteiger partial charge in [-0.1, -0.05) is 26.2 Å². The number of hydrogen-bond acceptors (Lipinski definition) is 2. The summed E-state index contributed by atoms with van der Waals surface area (Å²) in [6.07, 6.45) is 8.06. The third-order valence-corrected chi connectivity index (χ3v) is 4.76. The normalized spacial score (nSPS) is 29.6. The molecule has 82 valence electrons. The predicted octanol–water partition coefficient (Wildman–Crippen LogP) is 2.32. The zero-order chi connectivity index (χ0) is 10.1. The molecule has 0 spiro atoms. The zero-order valence-corrected chi connectivity index (χ0v) is 9.35. The maximum absolute atomic E-state index is 6.05. The Labute approximate surface area is 87.2 Å². The van der Waals surface area contributed by atoms with Crippen molar-refractivity contribution in [2.75, 3.05) is 19.8 Å². The fourth-order valence-corrected chi connectivity index (χ4v) is 3.41. The largest absolute Gasteiger partial charge is 0.380 e. The summed E-state index contributed by atoms with van der Waals surface area (Å²) in [5, 5.41) is 0. The molecule has 0 unspecified atom stereocenters. The van der Waals surface area contributed by atoms with Gasteiger partial charge in [0.25, 0.3) is 0 Å². The average Bonchev–Trinajstić information content (AvgIpc) is 2.18. The van der Waals surface area contributed by atoms with Crippen LogP contribution in [0.5, 0.6) is 0 Å². The van der Waals surface area contributed by atoms with E-state index in [4.69, 9.17) is 10.5 Å². The molecule has 2 rings (SSSR count). The van der Waals surface area contributed by atoms with Crippen LogP contribution < -0.4 is 5.73 Å². The van der Waals surface area contributed by atoms with Crippen molar-refractivity contribution in [1.82, 2.24) is 0 Å². The van der Waals surface area contributed by atoms with E-state index in [2.05, 4.69) is 6.92 Å². The minimum absolute atomic E-state index is 0.415. The van der Waals surface area contributed by atoms with E-state index < -0.39 is 0 Å². The van der Waals surface area contributed by atoms with Gasteiger partial charge in [0.2, 0.25) is 0 Å². The van der Waals surface area contributed by atoms with Crippen LogP contribution in [0.4, 0.5) is 0 Å². The number of ether oxygens (including phenoxy) is 1. The Morgan fingerprint density at radius 3 is 2.07 bits per heavy atom. The predicted molar refractivity (Wildman–Crippen MR) is 58.1 cm³/mol. The van der Waals surface area contributed by atoms with Gasteiger partial charge in [-0.3, -0.25) is 0 Å². The van der Waals surface area contributed by atoms with E-state index in [0.717, 1.165) is 19.8 Å². The molecular weight excluding hydrogens is 174 g/mol. The molecule has 1 saturated heterocycles. The van der Waals surface area contributed by atoms with Crippen molar-refractivity contribution in [2.45, 2.75) is 45.4 Å². The van der Waals surface area contributed by atoms with Crippen LogP contribution in [0.3, 0.4) is 0 Å². The summed E-state index contributed by atoms with van der Waals surface area (Å²) in [4.78, 5) is 0. The zero-order valence-electron chi connectivity index (χ0n) is 9.35. The fourth-order valence-electron chi connectivity index (χ4n) is 3.41. The molecule has 2 aliphatic rings. The van der Waals surface area contributed by atoms with Crippen LogP contribution in [-0.2, 0) is 4.74 Å². The molecule has 0 bridgehead atoms. The maximum Gasteiger partial charge on any atom is 0.0550 e. The van der Waals surface area contributed by atoms with Gasteiger partial charge in [0.05, 0.1) is 13.2 Å². The highest BCUT2D eigenvalue weighted by molar-refractivity contribution is 5.03. The Kier molecular flexibility index (Phi) is 2.85. The SMILES string of the molecule is CCC1(C2(CN)CCCCC2)COC1. The van der Waals surface area contributed by atoms with Gasteiger partial charge in [0, 0.05) is 5.41 Å². The van der Waals surface area contributed by atoms with E-state index in [9.17, 15) is 0 Å². The first-order valence-corrected chi connectivity index (χ1v) is 6.06. The van der Waals surface area contributed by atoms with Crippen LogP contribution >= 0.6 is 0 Å². The Morgan fingerprint density at radius 1 is 1.07 bits per heavy atom. The van der Waals surface area contributed by atoms with Gasteiger partial charge in [-0.05, 0) is 31.2 Å². The van der Waals surface area contributed by atoms with E-state index in [-0.39, 0.29) is 0 Å². The topological polar surface area (TPSA) is 35.2 Å². The summed E-state index contributed by atoms with van der Waals surface area (Å²) >= 11 is 0. The summed E-state index contributed by atoms with van der Waals surface area (Å²) in [6, 6.07) is 0. The molecule has 0 radical (unpaired) electrons. The van der Waals surface area contributed by atoms with Gasteiger partial charge in [-0.15, -0.1) is 0 Å². The second kappa shape index (κ2) is 3.82. The van der Waals surface area contributed by atoms with Gasteiger partial charge < -0.3 is 10.5 Å². The first kappa shape index (κ1) is 10.4. The Hall–Kier alpha value is -0.0800. The van der Waals surface area contributed by atoms with Gasteiger partial charge in [0.15, 0.2) is 0 Å². The number of hydrogen-bond donors (Lipinski definition) is 1. The lowest BCUT2D eigenvalue weighted by molar-refractivity contribution is -0.194. The average molecular weight is 197 g/mol. The van der Waals surface area contributed by atoms with Crippen LogP contribution in [0.2, 0.25) is 0 Å². The standard InChI is InChI=1S/C12H23NO/c1-2-11(9-14-10-11)12(8-13)6-4-3-5-7-12/h2-10,13H2,1H3. The van der Waals surface area contributed by atoms with Gasteiger partial charge in [0.1, 0.15) is 0 Å². The first-order valence-electron chi connectivity index (χ1n) is 6.06. The molecule has 1 saturated carbocycles. The molecule has 0 aromatic heterocycles. The smallest absolute Gasteiger partial charge is 0.0550 e. The van der Waals surface area contributed by atoms with Crippen molar-refractivity contribution >= 4 is 0 Å². The molecule has 2 heteroatoms. The Bertz CT molecular complexity index is 187. The van der Waals surface area contributed by atoms with Crippen LogP contribution in [0.15, 0.2) is 0 Å². The molecule has 0 atom stereocenters. The van der Waals surface area contributed by atoms with Crippen molar-refractivity contribution in [3.8, 4) is 0 Å². The van der Waals surface area contributed by atoms with Crippen LogP contribution in [0, 0.1) is 10.8 Å².